The predicted molar refractivity (Wildman–Crippen MR) is 123 cm³/mol. The van der Waals surface area contributed by atoms with Gasteiger partial charge in [-0.2, -0.15) is 0 Å². The van der Waals surface area contributed by atoms with Crippen LogP contribution in [0.25, 0.3) is 0 Å². The molecular formula is C24H23FN2O6S. The van der Waals surface area contributed by atoms with Crippen molar-refractivity contribution < 1.29 is 26.8 Å². The molecule has 4 rings (SSSR count). The summed E-state index contributed by atoms with van der Waals surface area (Å²) < 4.78 is 51.7. The Hall–Kier alpha value is -3.66. The molecule has 3 aromatic rings. The van der Waals surface area contributed by atoms with Crippen LogP contribution in [0.1, 0.15) is 29.0 Å². The number of rotatable bonds is 6. The largest absolute Gasteiger partial charge is 0.490 e. The molecule has 0 bridgehead atoms. The second kappa shape index (κ2) is 9.68. The Bertz CT molecular complexity index is 1360. The summed E-state index contributed by atoms with van der Waals surface area (Å²) in [6, 6.07) is 13.8. The topological polar surface area (TPSA) is 106 Å². The average Bonchev–Trinajstić information content (AvgIpc) is 2.78. The van der Waals surface area contributed by atoms with Crippen LogP contribution in [-0.4, -0.2) is 38.4 Å². The van der Waals surface area contributed by atoms with Gasteiger partial charge in [0.1, 0.15) is 23.4 Å². The van der Waals surface area contributed by atoms with Crippen LogP contribution in [-0.2, 0) is 10.0 Å². The molecule has 1 N–H and O–H groups in total. The summed E-state index contributed by atoms with van der Waals surface area (Å²) in [7, 11) is -4.01. The highest BCUT2D eigenvalue weighted by Gasteiger charge is 2.25. The summed E-state index contributed by atoms with van der Waals surface area (Å²) in [4.78, 5) is 26.0. The van der Waals surface area contributed by atoms with E-state index in [1.165, 1.54) is 30.3 Å². The number of piperidine rings is 1. The fraction of sp³-hybridized carbons (Fsp3) is 0.250. The minimum absolute atomic E-state index is 0.144. The number of aryl methyl sites for hydroxylation is 1. The van der Waals surface area contributed by atoms with Crippen LogP contribution in [0.2, 0.25) is 0 Å². The monoisotopic (exact) mass is 486 g/mol. The van der Waals surface area contributed by atoms with Crippen LogP contribution >= 0.6 is 0 Å². The van der Waals surface area contributed by atoms with Crippen molar-refractivity contribution in [2.24, 2.45) is 0 Å². The zero-order valence-electron chi connectivity index (χ0n) is 18.4. The van der Waals surface area contributed by atoms with Gasteiger partial charge in [-0.1, -0.05) is 12.1 Å². The van der Waals surface area contributed by atoms with E-state index in [1.807, 2.05) is 0 Å². The number of ether oxygens (including phenoxy) is 1. The molecule has 0 aliphatic carbocycles. The minimum Gasteiger partial charge on any atom is -0.490 e. The van der Waals surface area contributed by atoms with Crippen molar-refractivity contribution in [2.45, 2.75) is 30.8 Å². The highest BCUT2D eigenvalue weighted by molar-refractivity contribution is 7.92. The maximum atomic E-state index is 13.4. The third-order valence-corrected chi connectivity index (χ3v) is 6.75. The van der Waals surface area contributed by atoms with Crippen molar-refractivity contribution in [3.05, 3.63) is 88.2 Å². The first-order chi connectivity index (χ1) is 16.2. The summed E-state index contributed by atoms with van der Waals surface area (Å²) in [6.45, 7) is 2.56. The summed E-state index contributed by atoms with van der Waals surface area (Å²) in [6.07, 6.45) is 1.02. The maximum Gasteiger partial charge on any atom is 0.339 e. The quantitative estimate of drug-likeness (QED) is 0.571. The standard InChI is InChI=1S/C24H23FN2O6S/c1-16-12-21(15-23(28)32-16)33-20-8-10-27(11-9-20)24(29)17-4-2-6-19(13-17)26-34(30,31)22-7-3-5-18(25)14-22/h2-7,12-15,20,26H,8-11H2,1H3. The molecular weight excluding hydrogens is 463 g/mol. The first kappa shape index (κ1) is 23.5. The van der Waals surface area contributed by atoms with E-state index < -0.39 is 21.5 Å². The normalized spacial score (nSPS) is 14.6. The molecule has 2 aromatic carbocycles. The number of amides is 1. The van der Waals surface area contributed by atoms with Gasteiger partial charge in [0.2, 0.25) is 0 Å². The van der Waals surface area contributed by atoms with Crippen LogP contribution in [0.15, 0.2) is 74.8 Å². The van der Waals surface area contributed by atoms with Gasteiger partial charge in [-0.15, -0.1) is 0 Å². The summed E-state index contributed by atoms with van der Waals surface area (Å²) in [5.41, 5.74) is 0.0530. The molecule has 34 heavy (non-hydrogen) atoms. The number of nitrogens with one attached hydrogen (secondary N) is 1. The van der Waals surface area contributed by atoms with Crippen molar-refractivity contribution in [1.29, 1.82) is 0 Å². The summed E-state index contributed by atoms with van der Waals surface area (Å²) in [5, 5.41) is 0. The number of hydrogen-bond donors (Lipinski definition) is 1. The van der Waals surface area contributed by atoms with Gasteiger partial charge in [0, 0.05) is 43.2 Å². The second-order valence-corrected chi connectivity index (χ2v) is 9.66. The van der Waals surface area contributed by atoms with Crippen molar-refractivity contribution in [2.75, 3.05) is 17.8 Å². The van der Waals surface area contributed by atoms with Gasteiger partial charge in [0.25, 0.3) is 15.9 Å². The predicted octanol–water partition coefficient (Wildman–Crippen LogP) is 3.57. The Kier molecular flexibility index (Phi) is 6.69. The van der Waals surface area contributed by atoms with Gasteiger partial charge < -0.3 is 14.1 Å². The Morgan fingerprint density at radius 3 is 2.53 bits per heavy atom. The van der Waals surface area contributed by atoms with Gasteiger partial charge in [0.05, 0.1) is 11.0 Å². The molecule has 8 nitrogen and oxygen atoms in total. The number of nitrogens with zero attached hydrogens (tertiary/aromatic N) is 1. The van der Waals surface area contributed by atoms with E-state index in [2.05, 4.69) is 4.72 Å². The molecule has 1 aliphatic rings. The van der Waals surface area contributed by atoms with Gasteiger partial charge in [0.15, 0.2) is 0 Å². The van der Waals surface area contributed by atoms with Gasteiger partial charge in [-0.3, -0.25) is 9.52 Å². The van der Waals surface area contributed by atoms with Gasteiger partial charge in [-0.05, 0) is 43.3 Å². The van der Waals surface area contributed by atoms with Crippen molar-refractivity contribution >= 4 is 21.6 Å². The van der Waals surface area contributed by atoms with E-state index in [1.54, 1.807) is 30.0 Å². The smallest absolute Gasteiger partial charge is 0.339 e. The molecule has 2 heterocycles. The molecule has 0 saturated carbocycles. The lowest BCUT2D eigenvalue weighted by atomic mass is 10.1. The second-order valence-electron chi connectivity index (χ2n) is 7.98. The molecule has 1 saturated heterocycles. The van der Waals surface area contributed by atoms with E-state index in [0.29, 0.717) is 43.0 Å². The maximum absolute atomic E-state index is 13.4. The van der Waals surface area contributed by atoms with Crippen molar-refractivity contribution in [3.8, 4) is 5.75 Å². The van der Waals surface area contributed by atoms with Crippen LogP contribution in [0, 0.1) is 12.7 Å². The highest BCUT2D eigenvalue weighted by Crippen LogP contribution is 2.22. The lowest BCUT2D eigenvalue weighted by molar-refractivity contribution is 0.0594. The molecule has 0 unspecified atom stereocenters. The number of hydrogen-bond acceptors (Lipinski definition) is 6. The summed E-state index contributed by atoms with van der Waals surface area (Å²) >= 11 is 0. The highest BCUT2D eigenvalue weighted by atomic mass is 32.2. The first-order valence-electron chi connectivity index (χ1n) is 10.7. The van der Waals surface area contributed by atoms with E-state index in [-0.39, 0.29) is 22.6 Å². The number of sulfonamides is 1. The number of anilines is 1. The third-order valence-electron chi connectivity index (χ3n) is 5.37. The Morgan fingerprint density at radius 2 is 1.82 bits per heavy atom. The minimum atomic E-state index is -4.01. The fourth-order valence-corrected chi connectivity index (χ4v) is 4.84. The molecule has 0 radical (unpaired) electrons. The van der Waals surface area contributed by atoms with E-state index >= 15 is 0 Å². The Balaban J connectivity index is 1.39. The number of carbonyl (C=O) groups excluding carboxylic acids is 1. The molecule has 10 heteroatoms. The number of halogens is 1. The Morgan fingerprint density at radius 1 is 1.09 bits per heavy atom. The SMILES string of the molecule is Cc1cc(OC2CCN(C(=O)c3cccc(NS(=O)(=O)c4cccc(F)c4)c3)CC2)cc(=O)o1. The molecule has 178 valence electrons. The van der Waals surface area contributed by atoms with E-state index in [0.717, 1.165) is 12.1 Å². The van der Waals surface area contributed by atoms with Crippen LogP contribution in [0.3, 0.4) is 0 Å². The third kappa shape index (κ3) is 5.63. The van der Waals surface area contributed by atoms with Gasteiger partial charge in [-0.25, -0.2) is 17.6 Å². The van der Waals surface area contributed by atoms with Crippen LogP contribution in [0.5, 0.6) is 5.75 Å². The molecule has 0 atom stereocenters. The lowest BCUT2D eigenvalue weighted by Gasteiger charge is -2.32. The zero-order valence-corrected chi connectivity index (χ0v) is 19.2. The number of carbonyl (C=O) groups is 1. The molecule has 1 fully saturated rings. The first-order valence-corrected chi connectivity index (χ1v) is 12.1. The number of benzene rings is 2. The molecule has 1 amide bonds. The molecule has 0 spiro atoms. The lowest BCUT2D eigenvalue weighted by Crippen LogP contribution is -2.41. The molecule has 1 aromatic heterocycles. The average molecular weight is 487 g/mol. The van der Waals surface area contributed by atoms with Crippen LogP contribution < -0.4 is 15.1 Å². The van der Waals surface area contributed by atoms with Crippen molar-refractivity contribution in [1.82, 2.24) is 4.90 Å². The summed E-state index contributed by atoms with van der Waals surface area (Å²) in [5.74, 6) is 0.00586. The molecule has 1 aliphatic heterocycles. The van der Waals surface area contributed by atoms with Crippen LogP contribution in [0.4, 0.5) is 10.1 Å². The van der Waals surface area contributed by atoms with E-state index in [4.69, 9.17) is 9.15 Å². The fourth-order valence-electron chi connectivity index (χ4n) is 3.76. The van der Waals surface area contributed by atoms with E-state index in [9.17, 15) is 22.4 Å². The van der Waals surface area contributed by atoms with Crippen molar-refractivity contribution in [3.63, 3.8) is 0 Å². The van der Waals surface area contributed by atoms with Gasteiger partial charge >= 0.3 is 5.63 Å². The Labute approximate surface area is 196 Å². The zero-order chi connectivity index (χ0) is 24.3. The number of likely N-dealkylation sites (tertiary alicyclic amines) is 1.